The van der Waals surface area contributed by atoms with Crippen LogP contribution in [0.4, 0.5) is 0 Å². The summed E-state index contributed by atoms with van der Waals surface area (Å²) < 4.78 is 11.7. The van der Waals surface area contributed by atoms with E-state index in [1.807, 2.05) is 13.1 Å². The molecule has 2 aromatic rings. The second-order valence-electron chi connectivity index (χ2n) is 5.64. The van der Waals surface area contributed by atoms with Crippen LogP contribution in [0, 0.1) is 0 Å². The quantitative estimate of drug-likeness (QED) is 0.918. The lowest BCUT2D eigenvalue weighted by molar-refractivity contribution is -0.0153. The number of hydrogen-bond donors (Lipinski definition) is 1. The molecule has 0 aliphatic carbocycles. The van der Waals surface area contributed by atoms with Crippen molar-refractivity contribution in [3.63, 3.8) is 0 Å². The molecule has 4 heteroatoms. The molecule has 0 bridgehead atoms. The Morgan fingerprint density at radius 3 is 3.00 bits per heavy atom. The average Bonchev–Trinajstić information content (AvgIpc) is 2.86. The van der Waals surface area contributed by atoms with E-state index in [-0.39, 0.29) is 0 Å². The second-order valence-corrected chi connectivity index (χ2v) is 5.64. The van der Waals surface area contributed by atoms with Crippen LogP contribution < -0.4 is 5.32 Å². The molecule has 0 saturated carbocycles. The van der Waals surface area contributed by atoms with Gasteiger partial charge in [0, 0.05) is 30.1 Å². The standard InChI is InChI=1S/C17H24N2O2/c1-3-13-12-20-9-8-19(13)11-17-15(10-18-2)14-6-4-5-7-16(14)21-17/h4-7,13,18H,3,8-12H2,1-2H3. The van der Waals surface area contributed by atoms with Crippen molar-refractivity contribution in [3.8, 4) is 0 Å². The first kappa shape index (κ1) is 14.6. The van der Waals surface area contributed by atoms with E-state index < -0.39 is 0 Å². The molecule has 1 unspecified atom stereocenters. The van der Waals surface area contributed by atoms with E-state index in [1.165, 1.54) is 10.9 Å². The van der Waals surface area contributed by atoms with Gasteiger partial charge in [-0.05, 0) is 19.5 Å². The number of para-hydroxylation sites is 1. The van der Waals surface area contributed by atoms with Gasteiger partial charge in [-0.3, -0.25) is 4.90 Å². The van der Waals surface area contributed by atoms with Crippen molar-refractivity contribution in [3.05, 3.63) is 35.6 Å². The van der Waals surface area contributed by atoms with Crippen molar-refractivity contribution in [2.24, 2.45) is 0 Å². The smallest absolute Gasteiger partial charge is 0.134 e. The van der Waals surface area contributed by atoms with Crippen LogP contribution in [0.15, 0.2) is 28.7 Å². The number of furan rings is 1. The van der Waals surface area contributed by atoms with Gasteiger partial charge < -0.3 is 14.5 Å². The zero-order chi connectivity index (χ0) is 14.7. The van der Waals surface area contributed by atoms with Crippen LogP contribution in [0.25, 0.3) is 11.0 Å². The molecule has 1 fully saturated rings. The largest absolute Gasteiger partial charge is 0.459 e. The molecule has 1 atom stereocenters. The number of benzene rings is 1. The first-order valence-electron chi connectivity index (χ1n) is 7.79. The van der Waals surface area contributed by atoms with Gasteiger partial charge in [-0.1, -0.05) is 25.1 Å². The van der Waals surface area contributed by atoms with Crippen molar-refractivity contribution >= 4 is 11.0 Å². The molecule has 0 amide bonds. The van der Waals surface area contributed by atoms with E-state index in [0.29, 0.717) is 6.04 Å². The van der Waals surface area contributed by atoms with E-state index in [9.17, 15) is 0 Å². The van der Waals surface area contributed by atoms with Crippen LogP contribution in [0.5, 0.6) is 0 Å². The van der Waals surface area contributed by atoms with E-state index in [4.69, 9.17) is 9.15 Å². The highest BCUT2D eigenvalue weighted by Gasteiger charge is 2.24. The summed E-state index contributed by atoms with van der Waals surface area (Å²) in [5.41, 5.74) is 2.27. The molecule has 1 aromatic heterocycles. The minimum atomic E-state index is 0.495. The van der Waals surface area contributed by atoms with Crippen LogP contribution in [-0.2, 0) is 17.8 Å². The Morgan fingerprint density at radius 2 is 2.19 bits per heavy atom. The zero-order valence-electron chi connectivity index (χ0n) is 12.9. The minimum absolute atomic E-state index is 0.495. The van der Waals surface area contributed by atoms with Gasteiger partial charge in [0.15, 0.2) is 0 Å². The summed E-state index contributed by atoms with van der Waals surface area (Å²) in [5, 5.41) is 4.49. The summed E-state index contributed by atoms with van der Waals surface area (Å²) in [4.78, 5) is 2.49. The van der Waals surface area contributed by atoms with E-state index >= 15 is 0 Å². The molecule has 1 aromatic carbocycles. The number of hydrogen-bond acceptors (Lipinski definition) is 4. The summed E-state index contributed by atoms with van der Waals surface area (Å²) in [6.07, 6.45) is 1.11. The first-order chi connectivity index (χ1) is 10.3. The van der Waals surface area contributed by atoms with Gasteiger partial charge in [0.1, 0.15) is 11.3 Å². The maximum absolute atomic E-state index is 6.12. The van der Waals surface area contributed by atoms with Crippen molar-refractivity contribution in [2.75, 3.05) is 26.8 Å². The van der Waals surface area contributed by atoms with Gasteiger partial charge in [0.25, 0.3) is 0 Å². The Balaban J connectivity index is 1.90. The van der Waals surface area contributed by atoms with Gasteiger partial charge in [0.2, 0.25) is 0 Å². The summed E-state index contributed by atoms with van der Waals surface area (Å²) in [6, 6.07) is 8.79. The molecule has 0 spiro atoms. The molecule has 1 aliphatic rings. The SMILES string of the molecule is CCC1COCCN1Cc1oc2ccccc2c1CNC. The number of rotatable bonds is 5. The highest BCUT2D eigenvalue weighted by atomic mass is 16.5. The Kier molecular flexibility index (Phi) is 4.58. The normalized spacial score (nSPS) is 20.2. The molecule has 2 heterocycles. The van der Waals surface area contributed by atoms with Crippen molar-refractivity contribution < 1.29 is 9.15 Å². The van der Waals surface area contributed by atoms with Crippen LogP contribution in [0.3, 0.4) is 0 Å². The minimum Gasteiger partial charge on any atom is -0.459 e. The molecular formula is C17H24N2O2. The third kappa shape index (κ3) is 2.98. The van der Waals surface area contributed by atoms with Gasteiger partial charge in [-0.25, -0.2) is 0 Å². The lowest BCUT2D eigenvalue weighted by Gasteiger charge is -2.34. The molecule has 3 rings (SSSR count). The predicted octanol–water partition coefficient (Wildman–Crippen LogP) is 2.76. The van der Waals surface area contributed by atoms with Gasteiger partial charge >= 0.3 is 0 Å². The third-order valence-electron chi connectivity index (χ3n) is 4.30. The van der Waals surface area contributed by atoms with E-state index in [1.54, 1.807) is 0 Å². The highest BCUT2D eigenvalue weighted by Crippen LogP contribution is 2.28. The van der Waals surface area contributed by atoms with E-state index in [0.717, 1.165) is 50.6 Å². The molecule has 1 saturated heterocycles. The lowest BCUT2D eigenvalue weighted by Crippen LogP contribution is -2.44. The predicted molar refractivity (Wildman–Crippen MR) is 84.3 cm³/mol. The fourth-order valence-electron chi connectivity index (χ4n) is 3.11. The summed E-state index contributed by atoms with van der Waals surface area (Å²) in [6.45, 7) is 6.56. The maximum atomic E-state index is 6.12. The zero-order valence-corrected chi connectivity index (χ0v) is 12.9. The number of ether oxygens (including phenoxy) is 1. The lowest BCUT2D eigenvalue weighted by atomic mass is 10.1. The summed E-state index contributed by atoms with van der Waals surface area (Å²) >= 11 is 0. The Morgan fingerprint density at radius 1 is 1.33 bits per heavy atom. The summed E-state index contributed by atoms with van der Waals surface area (Å²) in [7, 11) is 1.98. The topological polar surface area (TPSA) is 37.6 Å². The molecule has 114 valence electrons. The fourth-order valence-corrected chi connectivity index (χ4v) is 3.11. The molecule has 1 N–H and O–H groups in total. The van der Waals surface area contributed by atoms with Crippen LogP contribution in [0.1, 0.15) is 24.7 Å². The third-order valence-corrected chi connectivity index (χ3v) is 4.30. The molecule has 21 heavy (non-hydrogen) atoms. The van der Waals surface area contributed by atoms with E-state index in [2.05, 4.69) is 35.3 Å². The van der Waals surface area contributed by atoms with Gasteiger partial charge in [-0.15, -0.1) is 0 Å². The average molecular weight is 288 g/mol. The Labute approximate surface area is 126 Å². The molecular weight excluding hydrogens is 264 g/mol. The number of morpholine rings is 1. The maximum Gasteiger partial charge on any atom is 0.134 e. The van der Waals surface area contributed by atoms with Gasteiger partial charge in [0.05, 0.1) is 19.8 Å². The van der Waals surface area contributed by atoms with Crippen molar-refractivity contribution in [2.45, 2.75) is 32.5 Å². The molecule has 4 nitrogen and oxygen atoms in total. The number of fused-ring (bicyclic) bond motifs is 1. The monoisotopic (exact) mass is 288 g/mol. The van der Waals surface area contributed by atoms with Crippen LogP contribution >= 0.6 is 0 Å². The molecule has 1 aliphatic heterocycles. The van der Waals surface area contributed by atoms with Gasteiger partial charge in [-0.2, -0.15) is 0 Å². The summed E-state index contributed by atoms with van der Waals surface area (Å²) in [5.74, 6) is 1.09. The Bertz CT molecular complexity index is 593. The first-order valence-corrected chi connectivity index (χ1v) is 7.79. The highest BCUT2D eigenvalue weighted by molar-refractivity contribution is 5.82. The fraction of sp³-hybridized carbons (Fsp3) is 0.529. The molecule has 0 radical (unpaired) electrons. The van der Waals surface area contributed by atoms with Crippen LogP contribution in [0.2, 0.25) is 0 Å². The second kappa shape index (κ2) is 6.60. The van der Waals surface area contributed by atoms with Crippen LogP contribution in [-0.4, -0.2) is 37.7 Å². The Hall–Kier alpha value is -1.36. The van der Waals surface area contributed by atoms with Crippen molar-refractivity contribution in [1.29, 1.82) is 0 Å². The number of nitrogens with zero attached hydrogens (tertiary/aromatic N) is 1. The van der Waals surface area contributed by atoms with Crippen molar-refractivity contribution in [1.82, 2.24) is 10.2 Å². The number of nitrogens with one attached hydrogen (secondary N) is 1.